The second-order valence-electron chi connectivity index (χ2n) is 9.51. The first-order valence-electron chi connectivity index (χ1n) is 12.0. The van der Waals surface area contributed by atoms with Gasteiger partial charge >= 0.3 is 0 Å². The molecule has 0 saturated carbocycles. The van der Waals surface area contributed by atoms with Gasteiger partial charge in [0.25, 0.3) is 11.5 Å². The van der Waals surface area contributed by atoms with E-state index in [1.807, 2.05) is 34.4 Å². The van der Waals surface area contributed by atoms with Crippen molar-refractivity contribution < 1.29 is 14.3 Å². The lowest BCUT2D eigenvalue weighted by Crippen LogP contribution is -2.26. The van der Waals surface area contributed by atoms with E-state index in [-0.39, 0.29) is 17.4 Å². The molecule has 6 rings (SSSR count). The summed E-state index contributed by atoms with van der Waals surface area (Å²) >= 11 is 0. The third-order valence-electron chi connectivity index (χ3n) is 7.34. The lowest BCUT2D eigenvalue weighted by molar-refractivity contribution is 0.0750. The molecule has 0 aliphatic carbocycles. The number of H-pyrrole nitrogens is 1. The van der Waals surface area contributed by atoms with Crippen molar-refractivity contribution in [2.24, 2.45) is 0 Å². The number of aryl methyl sites for hydroxylation is 1. The van der Waals surface area contributed by atoms with Crippen molar-refractivity contribution in [3.63, 3.8) is 0 Å². The number of aromatic amines is 1. The Labute approximate surface area is 202 Å². The molecule has 2 aliphatic rings. The summed E-state index contributed by atoms with van der Waals surface area (Å²) in [6.07, 6.45) is 3.41. The molecule has 8 heteroatoms. The van der Waals surface area contributed by atoms with Gasteiger partial charge in [0.2, 0.25) is 0 Å². The number of imidazole rings is 1. The molecule has 0 bridgehead atoms. The summed E-state index contributed by atoms with van der Waals surface area (Å²) in [5, 5.41) is 0. The minimum absolute atomic E-state index is 0.0415. The standard InChI is InChI=1S/C27H28N4O4/c1-16-10-23-22(29-26(32)24-12-28-25(31(23)24)17-6-8-35-9-7-17)11-20(16)27(33)30-13-18-4-3-5-19(15-34-2)21(18)14-30/h3-5,10-12,17H,6-9,13-15H2,1-2H3,(H,29,32). The molecule has 0 radical (unpaired) electrons. The van der Waals surface area contributed by atoms with Crippen molar-refractivity contribution in [2.75, 3.05) is 20.3 Å². The van der Waals surface area contributed by atoms with E-state index in [1.165, 1.54) is 0 Å². The number of nitrogens with one attached hydrogen (secondary N) is 1. The van der Waals surface area contributed by atoms with Gasteiger partial charge in [-0.3, -0.25) is 14.0 Å². The van der Waals surface area contributed by atoms with E-state index in [2.05, 4.69) is 22.1 Å². The van der Waals surface area contributed by atoms with Crippen LogP contribution in [-0.4, -0.2) is 45.5 Å². The van der Waals surface area contributed by atoms with E-state index in [9.17, 15) is 9.59 Å². The van der Waals surface area contributed by atoms with Crippen LogP contribution in [0.25, 0.3) is 16.6 Å². The van der Waals surface area contributed by atoms with Gasteiger partial charge in [-0.05, 0) is 54.2 Å². The van der Waals surface area contributed by atoms with Gasteiger partial charge in [-0.25, -0.2) is 4.98 Å². The number of fused-ring (bicyclic) bond motifs is 4. The van der Waals surface area contributed by atoms with E-state index in [4.69, 9.17) is 9.47 Å². The third-order valence-corrected chi connectivity index (χ3v) is 7.34. The smallest absolute Gasteiger partial charge is 0.274 e. The number of amides is 1. The van der Waals surface area contributed by atoms with Gasteiger partial charge < -0.3 is 19.4 Å². The molecule has 4 aromatic rings. The number of ether oxygens (including phenoxy) is 2. The molecule has 2 aromatic heterocycles. The van der Waals surface area contributed by atoms with Gasteiger partial charge in [0.15, 0.2) is 0 Å². The largest absolute Gasteiger partial charge is 0.381 e. The normalized spacial score (nSPS) is 16.3. The Morgan fingerprint density at radius 2 is 2.03 bits per heavy atom. The number of nitrogens with zero attached hydrogens (tertiary/aromatic N) is 3. The Bertz CT molecular complexity index is 1510. The van der Waals surface area contributed by atoms with Gasteiger partial charge in [-0.2, -0.15) is 0 Å². The summed E-state index contributed by atoms with van der Waals surface area (Å²) in [5.74, 6) is 1.08. The van der Waals surface area contributed by atoms with Crippen LogP contribution in [0.4, 0.5) is 0 Å². The third kappa shape index (κ3) is 3.64. The second kappa shape index (κ2) is 8.62. The van der Waals surface area contributed by atoms with Gasteiger partial charge in [-0.15, -0.1) is 0 Å². The van der Waals surface area contributed by atoms with Crippen molar-refractivity contribution >= 4 is 22.5 Å². The molecule has 4 heterocycles. The number of rotatable bonds is 4. The van der Waals surface area contributed by atoms with Crippen LogP contribution in [0.3, 0.4) is 0 Å². The summed E-state index contributed by atoms with van der Waals surface area (Å²) < 4.78 is 12.8. The molecule has 35 heavy (non-hydrogen) atoms. The number of carbonyl (C=O) groups is 1. The fraction of sp³-hybridized carbons (Fsp3) is 0.370. The van der Waals surface area contributed by atoms with Gasteiger partial charge in [0.1, 0.15) is 11.3 Å². The summed E-state index contributed by atoms with van der Waals surface area (Å²) in [5.41, 5.74) is 6.72. The molecule has 0 spiro atoms. The van der Waals surface area contributed by atoms with Crippen molar-refractivity contribution in [2.45, 2.75) is 45.4 Å². The first-order chi connectivity index (χ1) is 17.0. The van der Waals surface area contributed by atoms with Crippen LogP contribution in [-0.2, 0) is 29.2 Å². The number of carbonyl (C=O) groups excluding carboxylic acids is 1. The number of hydrogen-bond donors (Lipinski definition) is 1. The number of benzene rings is 2. The van der Waals surface area contributed by atoms with Crippen LogP contribution in [0.5, 0.6) is 0 Å². The number of hydrogen-bond acceptors (Lipinski definition) is 5. The fourth-order valence-corrected chi connectivity index (χ4v) is 5.51. The highest BCUT2D eigenvalue weighted by molar-refractivity contribution is 5.99. The van der Waals surface area contributed by atoms with E-state index in [0.29, 0.717) is 49.5 Å². The second-order valence-corrected chi connectivity index (χ2v) is 9.51. The Balaban J connectivity index is 1.40. The van der Waals surface area contributed by atoms with E-state index >= 15 is 0 Å². The van der Waals surface area contributed by atoms with Crippen molar-refractivity contribution in [1.29, 1.82) is 0 Å². The highest BCUT2D eigenvalue weighted by Gasteiger charge is 2.28. The fourth-order valence-electron chi connectivity index (χ4n) is 5.51. The van der Waals surface area contributed by atoms with Crippen LogP contribution >= 0.6 is 0 Å². The van der Waals surface area contributed by atoms with Gasteiger partial charge in [-0.1, -0.05) is 18.2 Å². The SMILES string of the molecule is COCc1cccc2c1CN(C(=O)c1cc3[nH]c(=O)c4cnc(C5CCOCC5)n4c3cc1C)C2. The van der Waals surface area contributed by atoms with Crippen LogP contribution in [0.15, 0.2) is 41.3 Å². The summed E-state index contributed by atoms with van der Waals surface area (Å²) in [6.45, 7) is 4.99. The average Bonchev–Trinajstić information content (AvgIpc) is 3.51. The van der Waals surface area contributed by atoms with Gasteiger partial charge in [0, 0.05) is 44.9 Å². The Morgan fingerprint density at radius 3 is 2.83 bits per heavy atom. The van der Waals surface area contributed by atoms with E-state index in [1.54, 1.807) is 13.3 Å². The minimum Gasteiger partial charge on any atom is -0.381 e. The minimum atomic E-state index is -0.205. The molecular weight excluding hydrogens is 444 g/mol. The van der Waals surface area contributed by atoms with Gasteiger partial charge in [0.05, 0.1) is 23.8 Å². The predicted molar refractivity (Wildman–Crippen MR) is 132 cm³/mol. The Hall–Kier alpha value is -3.49. The molecule has 1 amide bonds. The number of aromatic nitrogens is 3. The first kappa shape index (κ1) is 22.0. The molecule has 1 saturated heterocycles. The quantitative estimate of drug-likeness (QED) is 0.490. The summed E-state index contributed by atoms with van der Waals surface area (Å²) in [7, 11) is 1.68. The molecule has 0 unspecified atom stereocenters. The monoisotopic (exact) mass is 472 g/mol. The summed E-state index contributed by atoms with van der Waals surface area (Å²) in [6, 6.07) is 9.95. The van der Waals surface area contributed by atoms with Crippen molar-refractivity contribution in [1.82, 2.24) is 19.3 Å². The maximum Gasteiger partial charge on any atom is 0.274 e. The zero-order valence-electron chi connectivity index (χ0n) is 20.0. The Kier molecular flexibility index (Phi) is 5.42. The van der Waals surface area contributed by atoms with Crippen LogP contribution in [0.1, 0.15) is 57.2 Å². The molecule has 1 fully saturated rings. The predicted octanol–water partition coefficient (Wildman–Crippen LogP) is 3.68. The van der Waals surface area contributed by atoms with Crippen molar-refractivity contribution in [3.05, 3.63) is 80.5 Å². The topological polar surface area (TPSA) is 88.9 Å². The zero-order valence-corrected chi connectivity index (χ0v) is 20.0. The highest BCUT2D eigenvalue weighted by Crippen LogP contribution is 2.31. The molecule has 180 valence electrons. The molecular formula is C27H28N4O4. The number of methoxy groups -OCH3 is 1. The molecule has 0 atom stereocenters. The summed E-state index contributed by atoms with van der Waals surface area (Å²) in [4.78, 5) is 36.0. The average molecular weight is 473 g/mol. The lowest BCUT2D eigenvalue weighted by atomic mass is 9.99. The lowest BCUT2D eigenvalue weighted by Gasteiger charge is -2.22. The van der Waals surface area contributed by atoms with Crippen LogP contribution < -0.4 is 5.56 Å². The maximum atomic E-state index is 13.6. The first-order valence-corrected chi connectivity index (χ1v) is 12.0. The van der Waals surface area contributed by atoms with E-state index < -0.39 is 0 Å². The maximum absolute atomic E-state index is 13.6. The van der Waals surface area contributed by atoms with E-state index in [0.717, 1.165) is 46.4 Å². The molecule has 8 nitrogen and oxygen atoms in total. The Morgan fingerprint density at radius 1 is 1.20 bits per heavy atom. The molecule has 2 aromatic carbocycles. The van der Waals surface area contributed by atoms with Crippen molar-refractivity contribution in [3.8, 4) is 0 Å². The molecule has 2 aliphatic heterocycles. The zero-order chi connectivity index (χ0) is 24.1. The highest BCUT2D eigenvalue weighted by atomic mass is 16.5. The van der Waals surface area contributed by atoms with Crippen LogP contribution in [0.2, 0.25) is 0 Å². The molecule has 1 N–H and O–H groups in total. The van der Waals surface area contributed by atoms with Crippen LogP contribution in [0, 0.1) is 6.92 Å².